The summed E-state index contributed by atoms with van der Waals surface area (Å²) in [6, 6.07) is 8.86. The molecule has 1 amide bonds. The molecule has 3 rings (SSSR count). The Morgan fingerprint density at radius 3 is 2.75 bits per heavy atom. The zero-order valence-corrected chi connectivity index (χ0v) is 13.1. The summed E-state index contributed by atoms with van der Waals surface area (Å²) in [4.78, 5) is 15.6. The van der Waals surface area contributed by atoms with Gasteiger partial charge in [-0.3, -0.25) is 4.79 Å². The summed E-state index contributed by atoms with van der Waals surface area (Å²) in [5, 5.41) is 12.0. The van der Waals surface area contributed by atoms with Crippen molar-refractivity contribution < 1.29 is 14.3 Å². The smallest absolute Gasteiger partial charge is 0.222 e. The van der Waals surface area contributed by atoms with Crippen molar-refractivity contribution in [3.63, 3.8) is 0 Å². The molecule has 7 heteroatoms. The molecule has 0 saturated heterocycles. The predicted octanol–water partition coefficient (Wildman–Crippen LogP) is 2.32. The van der Waals surface area contributed by atoms with Gasteiger partial charge in [-0.25, -0.2) is 4.98 Å². The first kappa shape index (κ1) is 15.6. The molecule has 0 aliphatic carbocycles. The highest BCUT2D eigenvalue weighted by atomic mass is 16.5. The van der Waals surface area contributed by atoms with Crippen LogP contribution in [0.5, 0.6) is 11.5 Å². The van der Waals surface area contributed by atoms with Crippen LogP contribution >= 0.6 is 0 Å². The summed E-state index contributed by atoms with van der Waals surface area (Å²) >= 11 is 0. The van der Waals surface area contributed by atoms with Crippen molar-refractivity contribution in [1.29, 1.82) is 5.26 Å². The third-order valence-electron chi connectivity index (χ3n) is 3.49. The summed E-state index contributed by atoms with van der Waals surface area (Å²) in [6.45, 7) is 2.53. The number of carbonyl (C=O) groups is 1. The second-order valence-electron chi connectivity index (χ2n) is 5.33. The van der Waals surface area contributed by atoms with Gasteiger partial charge in [-0.05, 0) is 18.2 Å². The Labute approximate surface area is 139 Å². The molecule has 2 heterocycles. The van der Waals surface area contributed by atoms with Gasteiger partial charge in [0, 0.05) is 25.0 Å². The highest BCUT2D eigenvalue weighted by molar-refractivity contribution is 5.89. The number of carbonyl (C=O) groups excluding carboxylic acids is 1. The van der Waals surface area contributed by atoms with Gasteiger partial charge in [-0.15, -0.1) is 0 Å². The molecule has 0 bridgehead atoms. The van der Waals surface area contributed by atoms with Crippen molar-refractivity contribution in [1.82, 2.24) is 4.98 Å². The maximum atomic E-state index is 11.3. The van der Waals surface area contributed by atoms with Crippen LogP contribution in [0.3, 0.4) is 0 Å². The number of hydrogen-bond donors (Lipinski definition) is 2. The van der Waals surface area contributed by atoms with Crippen molar-refractivity contribution in [2.75, 3.05) is 24.3 Å². The van der Waals surface area contributed by atoms with E-state index < -0.39 is 0 Å². The minimum absolute atomic E-state index is 0.248. The number of aromatic nitrogens is 1. The molecule has 0 fully saturated rings. The molecule has 3 N–H and O–H groups in total. The van der Waals surface area contributed by atoms with Crippen LogP contribution in [-0.2, 0) is 4.79 Å². The Morgan fingerprint density at radius 2 is 2.04 bits per heavy atom. The monoisotopic (exact) mass is 324 g/mol. The molecule has 0 saturated carbocycles. The van der Waals surface area contributed by atoms with Crippen molar-refractivity contribution in [2.45, 2.75) is 13.3 Å². The van der Waals surface area contributed by atoms with E-state index in [2.05, 4.69) is 16.4 Å². The van der Waals surface area contributed by atoms with Gasteiger partial charge < -0.3 is 20.5 Å². The van der Waals surface area contributed by atoms with Gasteiger partial charge in [-0.2, -0.15) is 5.26 Å². The molecular weight excluding hydrogens is 308 g/mol. The Balaban J connectivity index is 2.11. The van der Waals surface area contributed by atoms with E-state index in [0.717, 1.165) is 6.42 Å². The molecule has 24 heavy (non-hydrogen) atoms. The first-order chi connectivity index (χ1) is 11.6. The Bertz CT molecular complexity index is 842. The summed E-state index contributed by atoms with van der Waals surface area (Å²) < 4.78 is 11.3. The van der Waals surface area contributed by atoms with Gasteiger partial charge in [0.25, 0.3) is 0 Å². The number of nitriles is 1. The van der Waals surface area contributed by atoms with Crippen molar-refractivity contribution in [3.05, 3.63) is 29.8 Å². The predicted molar refractivity (Wildman–Crippen MR) is 88.7 cm³/mol. The molecule has 0 unspecified atom stereocenters. The summed E-state index contributed by atoms with van der Waals surface area (Å²) in [5.74, 6) is 1.28. The van der Waals surface area contributed by atoms with E-state index in [4.69, 9.17) is 15.2 Å². The fourth-order valence-corrected chi connectivity index (χ4v) is 2.45. The van der Waals surface area contributed by atoms with E-state index in [-0.39, 0.29) is 17.2 Å². The Morgan fingerprint density at radius 1 is 1.29 bits per heavy atom. The molecule has 0 spiro atoms. The van der Waals surface area contributed by atoms with Crippen LogP contribution < -0.4 is 20.5 Å². The molecule has 1 aliphatic heterocycles. The molecule has 2 aromatic rings. The quantitative estimate of drug-likeness (QED) is 0.877. The molecule has 0 atom stereocenters. The summed E-state index contributed by atoms with van der Waals surface area (Å²) in [7, 11) is 0. The van der Waals surface area contributed by atoms with E-state index in [9.17, 15) is 10.1 Å². The van der Waals surface area contributed by atoms with Crippen LogP contribution in [0.15, 0.2) is 24.3 Å². The van der Waals surface area contributed by atoms with Crippen LogP contribution in [0.1, 0.15) is 18.9 Å². The Hall–Kier alpha value is -3.27. The van der Waals surface area contributed by atoms with Gasteiger partial charge in [0.05, 0.1) is 24.6 Å². The largest absolute Gasteiger partial charge is 0.490 e. The molecule has 7 nitrogen and oxygen atoms in total. The van der Waals surface area contributed by atoms with Crippen LogP contribution in [-0.4, -0.2) is 24.1 Å². The van der Waals surface area contributed by atoms with Crippen LogP contribution in [0, 0.1) is 11.3 Å². The van der Waals surface area contributed by atoms with E-state index in [1.165, 1.54) is 13.0 Å². The highest BCUT2D eigenvalue weighted by Crippen LogP contribution is 2.36. The zero-order chi connectivity index (χ0) is 17.1. The lowest BCUT2D eigenvalue weighted by atomic mass is 10.0. The number of hydrogen-bond acceptors (Lipinski definition) is 6. The van der Waals surface area contributed by atoms with E-state index >= 15 is 0 Å². The standard InChI is InChI=1S/C17H16N4O3/c1-10(22)20-16-8-13(19)12(9-18)17(21-16)11-3-4-14-15(7-11)24-6-2-5-23-14/h3-4,7-8H,2,5-6H2,1H3,(H3,19,20,21,22). The normalized spacial score (nSPS) is 12.8. The number of benzene rings is 1. The number of fused-ring (bicyclic) bond motifs is 1. The van der Waals surface area contributed by atoms with Crippen molar-refractivity contribution >= 4 is 17.4 Å². The molecular formula is C17H16N4O3. The number of nitrogens with two attached hydrogens (primary N) is 1. The van der Waals surface area contributed by atoms with Crippen LogP contribution in [0.25, 0.3) is 11.3 Å². The van der Waals surface area contributed by atoms with Crippen LogP contribution in [0.2, 0.25) is 0 Å². The first-order valence-electron chi connectivity index (χ1n) is 7.46. The number of nitrogens with one attached hydrogen (secondary N) is 1. The second-order valence-corrected chi connectivity index (χ2v) is 5.33. The summed E-state index contributed by atoms with van der Waals surface area (Å²) in [5.41, 5.74) is 7.48. The number of pyridine rings is 1. The molecule has 122 valence electrons. The van der Waals surface area contributed by atoms with Gasteiger partial charge >= 0.3 is 0 Å². The lowest BCUT2D eigenvalue weighted by molar-refractivity contribution is -0.114. The third-order valence-corrected chi connectivity index (χ3v) is 3.49. The van der Waals surface area contributed by atoms with Gasteiger partial charge in [0.15, 0.2) is 11.5 Å². The molecule has 1 aromatic heterocycles. The number of amides is 1. The maximum absolute atomic E-state index is 11.3. The molecule has 0 radical (unpaired) electrons. The summed E-state index contributed by atoms with van der Waals surface area (Å²) in [6.07, 6.45) is 0.802. The SMILES string of the molecule is CC(=O)Nc1cc(N)c(C#N)c(-c2ccc3c(c2)OCCCO3)n1. The molecule has 1 aromatic carbocycles. The second kappa shape index (κ2) is 6.46. The van der Waals surface area contributed by atoms with Gasteiger partial charge in [0.1, 0.15) is 17.5 Å². The van der Waals surface area contributed by atoms with E-state index in [0.29, 0.717) is 41.8 Å². The van der Waals surface area contributed by atoms with E-state index in [1.54, 1.807) is 18.2 Å². The maximum Gasteiger partial charge on any atom is 0.222 e. The number of anilines is 2. The van der Waals surface area contributed by atoms with Crippen molar-refractivity contribution in [2.24, 2.45) is 0 Å². The highest BCUT2D eigenvalue weighted by Gasteiger charge is 2.17. The number of nitrogen functional groups attached to an aromatic ring is 1. The lowest BCUT2D eigenvalue weighted by Crippen LogP contribution is -2.09. The topological polar surface area (TPSA) is 110 Å². The first-order valence-corrected chi connectivity index (χ1v) is 7.46. The number of ether oxygens (including phenoxy) is 2. The minimum Gasteiger partial charge on any atom is -0.490 e. The number of rotatable bonds is 2. The average molecular weight is 324 g/mol. The Kier molecular flexibility index (Phi) is 4.20. The fourth-order valence-electron chi connectivity index (χ4n) is 2.45. The fraction of sp³-hybridized carbons (Fsp3) is 0.235. The zero-order valence-electron chi connectivity index (χ0n) is 13.1. The third kappa shape index (κ3) is 3.08. The van der Waals surface area contributed by atoms with E-state index in [1.807, 2.05) is 0 Å². The lowest BCUT2D eigenvalue weighted by Gasteiger charge is -2.12. The average Bonchev–Trinajstić information content (AvgIpc) is 2.78. The van der Waals surface area contributed by atoms with Gasteiger partial charge in [0.2, 0.25) is 5.91 Å². The van der Waals surface area contributed by atoms with Crippen molar-refractivity contribution in [3.8, 4) is 28.8 Å². The van der Waals surface area contributed by atoms with Crippen LogP contribution in [0.4, 0.5) is 11.5 Å². The molecule has 1 aliphatic rings. The minimum atomic E-state index is -0.267. The van der Waals surface area contributed by atoms with Gasteiger partial charge in [-0.1, -0.05) is 0 Å². The number of nitrogens with zero attached hydrogens (tertiary/aromatic N) is 2.